The lowest BCUT2D eigenvalue weighted by Gasteiger charge is -2.32. The second kappa shape index (κ2) is 6.87. The first-order valence-electron chi connectivity index (χ1n) is 7.34. The number of hydrogen-bond donors (Lipinski definition) is 1. The molecule has 1 fully saturated rings. The highest BCUT2D eigenvalue weighted by atomic mass is 79.9. The summed E-state index contributed by atoms with van der Waals surface area (Å²) in [6.45, 7) is 7.37. The first-order chi connectivity index (χ1) is 9.15. The zero-order valence-corrected chi connectivity index (χ0v) is 13.6. The quantitative estimate of drug-likeness (QED) is 0.894. The normalized spacial score (nSPS) is 23.2. The summed E-state index contributed by atoms with van der Waals surface area (Å²) in [5.74, 6) is 0.689. The summed E-state index contributed by atoms with van der Waals surface area (Å²) in [6.07, 6.45) is 3.94. The molecule has 0 radical (unpaired) electrons. The van der Waals surface area contributed by atoms with Gasteiger partial charge in [-0.15, -0.1) is 0 Å². The van der Waals surface area contributed by atoms with Crippen molar-refractivity contribution in [3.05, 3.63) is 33.8 Å². The van der Waals surface area contributed by atoms with Crippen LogP contribution >= 0.6 is 15.9 Å². The zero-order chi connectivity index (χ0) is 13.8. The summed E-state index contributed by atoms with van der Waals surface area (Å²) in [5.41, 5.74) is 8.61. The number of aryl methyl sites for hydroxylation is 1. The van der Waals surface area contributed by atoms with Gasteiger partial charge in [-0.3, -0.25) is 4.90 Å². The Bertz CT molecular complexity index is 419. The Morgan fingerprint density at radius 1 is 1.37 bits per heavy atom. The molecule has 1 saturated carbocycles. The zero-order valence-electron chi connectivity index (χ0n) is 12.0. The number of hydrogen-bond acceptors (Lipinski definition) is 2. The van der Waals surface area contributed by atoms with Crippen LogP contribution in [-0.4, -0.2) is 24.0 Å². The highest BCUT2D eigenvalue weighted by Gasteiger charge is 2.30. The Balaban J connectivity index is 2.08. The minimum Gasteiger partial charge on any atom is -0.330 e. The maximum absolute atomic E-state index is 5.92. The van der Waals surface area contributed by atoms with Crippen molar-refractivity contribution in [3.8, 4) is 0 Å². The van der Waals surface area contributed by atoms with Crippen LogP contribution in [0.2, 0.25) is 0 Å². The number of nitrogens with two attached hydrogens (primary N) is 1. The molecule has 106 valence electrons. The van der Waals surface area contributed by atoms with Crippen molar-refractivity contribution in [2.24, 2.45) is 11.7 Å². The molecular formula is C16H25BrN2. The number of rotatable bonds is 5. The van der Waals surface area contributed by atoms with Gasteiger partial charge >= 0.3 is 0 Å². The van der Waals surface area contributed by atoms with Crippen molar-refractivity contribution in [1.82, 2.24) is 4.90 Å². The summed E-state index contributed by atoms with van der Waals surface area (Å²) in [7, 11) is 0. The molecule has 2 atom stereocenters. The molecule has 19 heavy (non-hydrogen) atoms. The number of halogens is 1. The summed E-state index contributed by atoms with van der Waals surface area (Å²) in [6, 6.07) is 7.37. The van der Waals surface area contributed by atoms with Crippen molar-refractivity contribution in [1.29, 1.82) is 0 Å². The first-order valence-corrected chi connectivity index (χ1v) is 8.14. The van der Waals surface area contributed by atoms with Gasteiger partial charge in [-0.2, -0.15) is 0 Å². The lowest BCUT2D eigenvalue weighted by Crippen LogP contribution is -2.39. The van der Waals surface area contributed by atoms with Crippen molar-refractivity contribution < 1.29 is 0 Å². The van der Waals surface area contributed by atoms with Gasteiger partial charge in [0.2, 0.25) is 0 Å². The second-order valence-electron chi connectivity index (χ2n) is 5.64. The highest BCUT2D eigenvalue weighted by molar-refractivity contribution is 9.10. The van der Waals surface area contributed by atoms with Crippen LogP contribution in [0.4, 0.5) is 0 Å². The Morgan fingerprint density at radius 2 is 2.16 bits per heavy atom. The molecule has 1 aliphatic rings. The van der Waals surface area contributed by atoms with Crippen LogP contribution in [-0.2, 0) is 6.54 Å². The van der Waals surface area contributed by atoms with Gasteiger partial charge in [0.15, 0.2) is 0 Å². The van der Waals surface area contributed by atoms with E-state index < -0.39 is 0 Å². The maximum atomic E-state index is 5.92. The van der Waals surface area contributed by atoms with E-state index in [0.29, 0.717) is 12.0 Å². The van der Waals surface area contributed by atoms with Gasteiger partial charge in [0.25, 0.3) is 0 Å². The molecule has 2 N–H and O–H groups in total. The Hall–Kier alpha value is -0.380. The van der Waals surface area contributed by atoms with Crippen molar-refractivity contribution in [2.75, 3.05) is 13.1 Å². The third kappa shape index (κ3) is 3.59. The molecule has 2 unspecified atom stereocenters. The fourth-order valence-corrected chi connectivity index (χ4v) is 3.63. The van der Waals surface area contributed by atoms with Gasteiger partial charge in [-0.1, -0.05) is 41.4 Å². The summed E-state index contributed by atoms with van der Waals surface area (Å²) < 4.78 is 1.21. The van der Waals surface area contributed by atoms with Crippen molar-refractivity contribution in [2.45, 2.75) is 45.7 Å². The molecule has 1 aromatic rings. The molecule has 2 rings (SSSR count). The molecule has 0 amide bonds. The summed E-state index contributed by atoms with van der Waals surface area (Å²) in [5, 5.41) is 0. The van der Waals surface area contributed by atoms with Crippen molar-refractivity contribution in [3.63, 3.8) is 0 Å². The molecule has 1 aliphatic carbocycles. The largest absolute Gasteiger partial charge is 0.330 e. The molecule has 0 heterocycles. The van der Waals surface area contributed by atoms with Crippen LogP contribution in [0.5, 0.6) is 0 Å². The van der Waals surface area contributed by atoms with Crippen LogP contribution < -0.4 is 5.73 Å². The van der Waals surface area contributed by atoms with E-state index in [4.69, 9.17) is 5.73 Å². The van der Waals surface area contributed by atoms with E-state index >= 15 is 0 Å². The van der Waals surface area contributed by atoms with E-state index in [-0.39, 0.29) is 0 Å². The third-order valence-electron chi connectivity index (χ3n) is 4.42. The fourth-order valence-electron chi connectivity index (χ4n) is 3.21. The van der Waals surface area contributed by atoms with Crippen molar-refractivity contribution >= 4 is 15.9 Å². The molecule has 0 spiro atoms. The highest BCUT2D eigenvalue weighted by Crippen LogP contribution is 2.30. The monoisotopic (exact) mass is 324 g/mol. The average molecular weight is 325 g/mol. The van der Waals surface area contributed by atoms with Crippen LogP contribution in [0.1, 0.15) is 37.3 Å². The molecule has 3 heteroatoms. The van der Waals surface area contributed by atoms with E-state index in [1.165, 1.54) is 34.9 Å². The van der Waals surface area contributed by atoms with Gasteiger partial charge in [0.1, 0.15) is 0 Å². The summed E-state index contributed by atoms with van der Waals surface area (Å²) >= 11 is 3.63. The van der Waals surface area contributed by atoms with Crippen LogP contribution in [0.15, 0.2) is 22.7 Å². The van der Waals surface area contributed by atoms with Gasteiger partial charge in [0.05, 0.1) is 0 Å². The minimum atomic E-state index is 0.676. The van der Waals surface area contributed by atoms with E-state index in [9.17, 15) is 0 Å². The molecular weight excluding hydrogens is 300 g/mol. The smallest absolute Gasteiger partial charge is 0.0237 e. The Labute approximate surface area is 125 Å². The van der Waals surface area contributed by atoms with Gasteiger partial charge in [-0.25, -0.2) is 0 Å². The lowest BCUT2D eigenvalue weighted by molar-refractivity contribution is 0.162. The average Bonchev–Trinajstić information content (AvgIpc) is 2.88. The number of benzene rings is 1. The summed E-state index contributed by atoms with van der Waals surface area (Å²) in [4.78, 5) is 2.60. The predicted molar refractivity (Wildman–Crippen MR) is 85.1 cm³/mol. The molecule has 0 bridgehead atoms. The van der Waals surface area contributed by atoms with E-state index in [2.05, 4.69) is 52.9 Å². The molecule has 2 nitrogen and oxygen atoms in total. The predicted octanol–water partition coefficient (Wildman–Crippen LogP) is 3.71. The second-order valence-corrected chi connectivity index (χ2v) is 6.50. The molecule has 1 aromatic carbocycles. The maximum Gasteiger partial charge on any atom is 0.0237 e. The SMILES string of the molecule is CCN(Cc1ccc(C)c(Br)c1)C1CCCC1CN. The van der Waals surface area contributed by atoms with Gasteiger partial charge in [0, 0.05) is 17.1 Å². The van der Waals surface area contributed by atoms with Gasteiger partial charge in [-0.05, 0) is 56.0 Å². The Morgan fingerprint density at radius 3 is 2.79 bits per heavy atom. The first kappa shape index (κ1) is 15.0. The van der Waals surface area contributed by atoms with Crippen LogP contribution in [0.25, 0.3) is 0 Å². The molecule has 0 aromatic heterocycles. The fraction of sp³-hybridized carbons (Fsp3) is 0.625. The minimum absolute atomic E-state index is 0.676. The molecule has 0 saturated heterocycles. The van der Waals surface area contributed by atoms with Gasteiger partial charge < -0.3 is 5.73 Å². The van der Waals surface area contributed by atoms with E-state index in [0.717, 1.165) is 19.6 Å². The van der Waals surface area contributed by atoms with E-state index in [1.807, 2.05) is 0 Å². The standard InChI is InChI=1S/C16H25BrN2/c1-3-19(16-6-4-5-14(16)10-18)11-13-8-7-12(2)15(17)9-13/h7-9,14,16H,3-6,10-11,18H2,1-2H3. The lowest BCUT2D eigenvalue weighted by atomic mass is 10.0. The van der Waals surface area contributed by atoms with Crippen LogP contribution in [0.3, 0.4) is 0 Å². The topological polar surface area (TPSA) is 29.3 Å². The Kier molecular flexibility index (Phi) is 5.43. The number of nitrogens with zero attached hydrogens (tertiary/aromatic N) is 1. The molecule has 0 aliphatic heterocycles. The van der Waals surface area contributed by atoms with E-state index in [1.54, 1.807) is 0 Å². The third-order valence-corrected chi connectivity index (χ3v) is 5.27. The van der Waals surface area contributed by atoms with Crippen LogP contribution in [0, 0.1) is 12.8 Å².